The predicted octanol–water partition coefficient (Wildman–Crippen LogP) is 4.33. The van der Waals surface area contributed by atoms with Crippen molar-refractivity contribution in [1.82, 2.24) is 0 Å². The molecule has 2 nitrogen and oxygen atoms in total. The van der Waals surface area contributed by atoms with Gasteiger partial charge < -0.3 is 0 Å². The third kappa shape index (κ3) is 3.34. The van der Waals surface area contributed by atoms with Crippen LogP contribution in [0.25, 0.3) is 0 Å². The van der Waals surface area contributed by atoms with E-state index in [2.05, 4.69) is 41.5 Å². The Morgan fingerprint density at radius 3 is 1.89 bits per heavy atom. The van der Waals surface area contributed by atoms with E-state index in [4.69, 9.17) is 0 Å². The fraction of sp³-hybridized carbons (Fsp3) is 0.765. The first kappa shape index (κ1) is 16.1. The van der Waals surface area contributed by atoms with E-state index in [1.165, 1.54) is 0 Å². The molecular weight excluding hydrogens is 236 g/mol. The van der Waals surface area contributed by atoms with Crippen molar-refractivity contribution in [2.24, 2.45) is 16.7 Å². The summed E-state index contributed by atoms with van der Waals surface area (Å²) in [4.78, 5) is 25.0. The van der Waals surface area contributed by atoms with Crippen molar-refractivity contribution >= 4 is 11.6 Å². The van der Waals surface area contributed by atoms with E-state index in [1.54, 1.807) is 0 Å². The van der Waals surface area contributed by atoms with Crippen LogP contribution in [0.2, 0.25) is 0 Å². The summed E-state index contributed by atoms with van der Waals surface area (Å²) in [5, 5.41) is 0. The molecule has 0 spiro atoms. The number of allylic oxidation sites excluding steroid dienone is 2. The molecule has 0 fully saturated rings. The number of hydrogen-bond acceptors (Lipinski definition) is 2. The van der Waals surface area contributed by atoms with Crippen LogP contribution in [0.15, 0.2) is 11.1 Å². The molecule has 2 heteroatoms. The molecule has 1 aliphatic rings. The Morgan fingerprint density at radius 1 is 1.00 bits per heavy atom. The van der Waals surface area contributed by atoms with Crippen LogP contribution < -0.4 is 0 Å². The average Bonchev–Trinajstić information content (AvgIpc) is 2.19. The van der Waals surface area contributed by atoms with Crippen molar-refractivity contribution in [1.29, 1.82) is 0 Å². The van der Waals surface area contributed by atoms with Gasteiger partial charge in [0, 0.05) is 12.0 Å². The molecule has 0 aromatic rings. The monoisotopic (exact) mass is 264 g/mol. The topological polar surface area (TPSA) is 34.1 Å². The third-order valence-corrected chi connectivity index (χ3v) is 3.84. The minimum atomic E-state index is -0.398. The summed E-state index contributed by atoms with van der Waals surface area (Å²) in [6.45, 7) is 14.5. The number of rotatable bonds is 2. The van der Waals surface area contributed by atoms with Gasteiger partial charge in [-0.25, -0.2) is 0 Å². The fourth-order valence-electron chi connectivity index (χ4n) is 2.90. The Hall–Kier alpha value is -0.920. The van der Waals surface area contributed by atoms with E-state index in [0.717, 1.165) is 17.6 Å². The second-order valence-corrected chi connectivity index (χ2v) is 7.70. The zero-order valence-electron chi connectivity index (χ0n) is 13.5. The van der Waals surface area contributed by atoms with E-state index in [1.807, 2.05) is 6.92 Å². The number of hydrogen-bond donors (Lipinski definition) is 0. The Morgan fingerprint density at radius 2 is 1.53 bits per heavy atom. The van der Waals surface area contributed by atoms with Gasteiger partial charge in [-0.05, 0) is 17.3 Å². The molecule has 0 radical (unpaired) electrons. The summed E-state index contributed by atoms with van der Waals surface area (Å²) in [5.74, 6) is -0.203. The maximum absolute atomic E-state index is 12.8. The Balaban J connectivity index is 3.40. The van der Waals surface area contributed by atoms with E-state index >= 15 is 0 Å². The summed E-state index contributed by atoms with van der Waals surface area (Å²) >= 11 is 0. The molecule has 1 rings (SSSR count). The lowest BCUT2D eigenvalue weighted by Gasteiger charge is -2.37. The van der Waals surface area contributed by atoms with Crippen molar-refractivity contribution in [3.8, 4) is 0 Å². The van der Waals surface area contributed by atoms with E-state index < -0.39 is 5.92 Å². The van der Waals surface area contributed by atoms with Crippen LogP contribution in [0.5, 0.6) is 0 Å². The summed E-state index contributed by atoms with van der Waals surface area (Å²) in [7, 11) is 0. The quantitative estimate of drug-likeness (QED) is 0.695. The van der Waals surface area contributed by atoms with E-state index in [9.17, 15) is 9.59 Å². The summed E-state index contributed by atoms with van der Waals surface area (Å²) in [6, 6.07) is 0. The second kappa shape index (κ2) is 5.22. The van der Waals surface area contributed by atoms with Gasteiger partial charge in [-0.2, -0.15) is 0 Å². The van der Waals surface area contributed by atoms with Crippen LogP contribution in [0.4, 0.5) is 0 Å². The van der Waals surface area contributed by atoms with Crippen LogP contribution in [-0.2, 0) is 9.59 Å². The molecular formula is C17H28O2. The molecule has 108 valence electrons. The van der Waals surface area contributed by atoms with Crippen LogP contribution in [-0.4, -0.2) is 11.6 Å². The maximum atomic E-state index is 12.8. The van der Waals surface area contributed by atoms with Crippen molar-refractivity contribution in [2.45, 2.75) is 67.7 Å². The molecule has 0 saturated carbocycles. The average molecular weight is 264 g/mol. The highest BCUT2D eigenvalue weighted by molar-refractivity contribution is 6.14. The molecule has 0 aromatic carbocycles. The van der Waals surface area contributed by atoms with Gasteiger partial charge in [0.15, 0.2) is 5.78 Å². The molecule has 0 N–H and O–H groups in total. The summed E-state index contributed by atoms with van der Waals surface area (Å²) in [6.07, 6.45) is 2.02. The molecule has 1 unspecified atom stereocenters. The van der Waals surface area contributed by atoms with Crippen molar-refractivity contribution in [2.75, 3.05) is 0 Å². The first-order valence-electron chi connectivity index (χ1n) is 7.31. The lowest BCUT2D eigenvalue weighted by Crippen LogP contribution is -2.38. The van der Waals surface area contributed by atoms with Crippen molar-refractivity contribution < 1.29 is 9.59 Å². The molecule has 0 aliphatic heterocycles. The van der Waals surface area contributed by atoms with Gasteiger partial charge >= 0.3 is 0 Å². The molecule has 0 heterocycles. The van der Waals surface area contributed by atoms with Crippen molar-refractivity contribution in [3.05, 3.63) is 11.1 Å². The van der Waals surface area contributed by atoms with Crippen LogP contribution in [0.1, 0.15) is 67.7 Å². The predicted molar refractivity (Wildman–Crippen MR) is 79.0 cm³/mol. The van der Waals surface area contributed by atoms with Crippen LogP contribution >= 0.6 is 0 Å². The standard InChI is InChI=1S/C17H28O2/c1-8-9-11-13(18)10-12(16(2,3)4)14(15(11)19)17(5,6)7/h11H,8-10H2,1-7H3. The molecule has 1 atom stereocenters. The maximum Gasteiger partial charge on any atom is 0.169 e. The van der Waals surface area contributed by atoms with Gasteiger partial charge in [0.25, 0.3) is 0 Å². The largest absolute Gasteiger partial charge is 0.299 e. The highest BCUT2D eigenvalue weighted by Gasteiger charge is 2.42. The Kier molecular flexibility index (Phi) is 4.44. The SMILES string of the molecule is CCCC1C(=O)CC(C(C)(C)C)=C(C(C)(C)C)C1=O. The lowest BCUT2D eigenvalue weighted by atomic mass is 9.65. The van der Waals surface area contributed by atoms with Gasteiger partial charge in [0.2, 0.25) is 0 Å². The second-order valence-electron chi connectivity index (χ2n) is 7.70. The zero-order chi connectivity index (χ0) is 15.0. The molecule has 19 heavy (non-hydrogen) atoms. The third-order valence-electron chi connectivity index (χ3n) is 3.84. The molecule has 0 saturated heterocycles. The lowest BCUT2D eigenvalue weighted by molar-refractivity contribution is -0.132. The van der Waals surface area contributed by atoms with E-state index in [-0.39, 0.29) is 22.4 Å². The van der Waals surface area contributed by atoms with E-state index in [0.29, 0.717) is 12.8 Å². The zero-order valence-corrected chi connectivity index (χ0v) is 13.5. The molecule has 0 aromatic heterocycles. The van der Waals surface area contributed by atoms with Gasteiger partial charge in [-0.3, -0.25) is 9.59 Å². The number of Topliss-reactive ketones (excluding diaryl/α,β-unsaturated/α-hetero) is 2. The normalized spacial score (nSPS) is 22.2. The van der Waals surface area contributed by atoms with Crippen LogP contribution in [0.3, 0.4) is 0 Å². The summed E-state index contributed by atoms with van der Waals surface area (Å²) < 4.78 is 0. The van der Waals surface area contributed by atoms with Gasteiger partial charge in [-0.15, -0.1) is 0 Å². The molecule has 0 amide bonds. The minimum absolute atomic E-state index is 0.0792. The highest BCUT2D eigenvalue weighted by atomic mass is 16.2. The smallest absolute Gasteiger partial charge is 0.169 e. The summed E-state index contributed by atoms with van der Waals surface area (Å²) in [5.41, 5.74) is 1.64. The fourth-order valence-corrected chi connectivity index (χ4v) is 2.90. The Labute approximate surface area is 117 Å². The highest BCUT2D eigenvalue weighted by Crippen LogP contribution is 2.43. The van der Waals surface area contributed by atoms with Gasteiger partial charge in [-0.1, -0.05) is 60.5 Å². The first-order valence-corrected chi connectivity index (χ1v) is 7.31. The van der Waals surface area contributed by atoms with Crippen LogP contribution in [0, 0.1) is 16.7 Å². The number of ketones is 2. The van der Waals surface area contributed by atoms with Gasteiger partial charge in [0.1, 0.15) is 5.78 Å². The molecule has 1 aliphatic carbocycles. The van der Waals surface area contributed by atoms with Crippen molar-refractivity contribution in [3.63, 3.8) is 0 Å². The van der Waals surface area contributed by atoms with Gasteiger partial charge in [0.05, 0.1) is 5.92 Å². The Bertz CT molecular complexity index is 414. The molecule has 0 bridgehead atoms. The number of carbonyl (C=O) groups is 2. The minimum Gasteiger partial charge on any atom is -0.299 e. The first-order chi connectivity index (χ1) is 8.50. The number of carbonyl (C=O) groups excluding carboxylic acids is 2.